The number of benzene rings is 1. The van der Waals surface area contributed by atoms with Gasteiger partial charge in [-0.1, -0.05) is 29.8 Å². The van der Waals surface area contributed by atoms with Crippen LogP contribution in [0.25, 0.3) is 16.9 Å². The van der Waals surface area contributed by atoms with Crippen LogP contribution >= 0.6 is 15.9 Å². The molecule has 2 aromatic heterocycles. The maximum absolute atomic E-state index is 4.60. The Hall–Kier alpha value is -0.880. The van der Waals surface area contributed by atoms with Crippen LogP contribution in [0.3, 0.4) is 0 Å². The standard InChI is InChI=1S/C14H11BrN2.HI/c1-10-2-4-11(5-3-10)13-9-17-8-12(15)6-7-14(17)16-13;/h2-9H,1H3;1H/p-1. The molecule has 3 rings (SSSR count). The van der Waals surface area contributed by atoms with Gasteiger partial charge in [-0.15, -0.1) is 0 Å². The number of fused-ring (bicyclic) bond motifs is 1. The number of hydrogen-bond acceptors (Lipinski definition) is 1. The Labute approximate surface area is 131 Å². The lowest BCUT2D eigenvalue weighted by molar-refractivity contribution is -0.00000340. The molecule has 0 amide bonds. The van der Waals surface area contributed by atoms with Crippen molar-refractivity contribution >= 4 is 21.6 Å². The van der Waals surface area contributed by atoms with Gasteiger partial charge in [0.2, 0.25) is 0 Å². The van der Waals surface area contributed by atoms with Crippen molar-refractivity contribution < 1.29 is 24.0 Å². The van der Waals surface area contributed by atoms with Gasteiger partial charge >= 0.3 is 0 Å². The molecule has 1 aromatic carbocycles. The highest BCUT2D eigenvalue weighted by Gasteiger charge is 2.03. The summed E-state index contributed by atoms with van der Waals surface area (Å²) in [6.07, 6.45) is 4.06. The van der Waals surface area contributed by atoms with Crippen LogP contribution in [0.15, 0.2) is 53.3 Å². The highest BCUT2D eigenvalue weighted by atomic mass is 127. The fourth-order valence-electron chi connectivity index (χ4n) is 1.83. The first-order valence-corrected chi connectivity index (χ1v) is 6.23. The van der Waals surface area contributed by atoms with Crippen LogP contribution < -0.4 is 24.0 Å². The van der Waals surface area contributed by atoms with Gasteiger partial charge in [-0.2, -0.15) is 0 Å². The number of nitrogens with zero attached hydrogens (tertiary/aromatic N) is 2. The lowest BCUT2D eigenvalue weighted by atomic mass is 10.1. The topological polar surface area (TPSA) is 17.3 Å². The molecule has 0 spiro atoms. The minimum absolute atomic E-state index is 0. The number of imidazole rings is 1. The summed E-state index contributed by atoms with van der Waals surface area (Å²) in [5.41, 5.74) is 4.38. The predicted molar refractivity (Wildman–Crippen MR) is 73.1 cm³/mol. The lowest BCUT2D eigenvalue weighted by Gasteiger charge is -1.96. The van der Waals surface area contributed by atoms with Gasteiger partial charge in [0.05, 0.1) is 5.69 Å². The molecule has 0 saturated heterocycles. The molecular formula is C14H11BrIN2-. The van der Waals surface area contributed by atoms with E-state index in [9.17, 15) is 0 Å². The van der Waals surface area contributed by atoms with E-state index in [1.54, 1.807) is 0 Å². The van der Waals surface area contributed by atoms with E-state index in [0.29, 0.717) is 0 Å². The van der Waals surface area contributed by atoms with E-state index in [-0.39, 0.29) is 24.0 Å². The molecule has 3 aromatic rings. The molecule has 0 bridgehead atoms. The van der Waals surface area contributed by atoms with Gasteiger partial charge in [0.1, 0.15) is 5.65 Å². The molecule has 0 radical (unpaired) electrons. The van der Waals surface area contributed by atoms with Gasteiger partial charge in [-0.25, -0.2) is 4.98 Å². The van der Waals surface area contributed by atoms with E-state index in [1.807, 2.05) is 28.9 Å². The van der Waals surface area contributed by atoms with E-state index in [2.05, 4.69) is 52.1 Å². The highest BCUT2D eigenvalue weighted by molar-refractivity contribution is 9.10. The van der Waals surface area contributed by atoms with Crippen molar-refractivity contribution in [2.45, 2.75) is 6.92 Å². The van der Waals surface area contributed by atoms with Crippen LogP contribution in [-0.2, 0) is 0 Å². The Morgan fingerprint density at radius 2 is 1.72 bits per heavy atom. The Kier molecular flexibility index (Phi) is 4.07. The first-order valence-electron chi connectivity index (χ1n) is 5.44. The fourth-order valence-corrected chi connectivity index (χ4v) is 2.18. The molecule has 0 fully saturated rings. The van der Waals surface area contributed by atoms with Crippen LogP contribution in [0.2, 0.25) is 0 Å². The molecule has 18 heavy (non-hydrogen) atoms. The number of aromatic nitrogens is 2. The summed E-state index contributed by atoms with van der Waals surface area (Å²) in [7, 11) is 0. The van der Waals surface area contributed by atoms with Crippen LogP contribution in [0.4, 0.5) is 0 Å². The van der Waals surface area contributed by atoms with Gasteiger partial charge in [0, 0.05) is 22.4 Å². The minimum Gasteiger partial charge on any atom is -1.00 e. The zero-order valence-electron chi connectivity index (χ0n) is 9.77. The monoisotopic (exact) mass is 413 g/mol. The second kappa shape index (κ2) is 5.40. The second-order valence-corrected chi connectivity index (χ2v) is 5.02. The number of hydrogen-bond donors (Lipinski definition) is 0. The molecule has 2 nitrogen and oxygen atoms in total. The SMILES string of the molecule is Cc1ccc(-c2cn3cc(Br)ccc3n2)cc1.[I-]. The minimum atomic E-state index is 0. The molecular weight excluding hydrogens is 403 g/mol. The van der Waals surface area contributed by atoms with Crippen molar-refractivity contribution in [2.75, 3.05) is 0 Å². The third-order valence-electron chi connectivity index (χ3n) is 2.76. The van der Waals surface area contributed by atoms with Crippen molar-refractivity contribution in [1.82, 2.24) is 9.38 Å². The van der Waals surface area contributed by atoms with Crippen molar-refractivity contribution in [2.24, 2.45) is 0 Å². The molecule has 2 heterocycles. The number of pyridine rings is 1. The smallest absolute Gasteiger partial charge is 0.137 e. The number of aryl methyl sites for hydroxylation is 1. The summed E-state index contributed by atoms with van der Waals surface area (Å²) >= 11 is 3.46. The molecule has 0 aliphatic heterocycles. The third kappa shape index (κ3) is 2.59. The zero-order chi connectivity index (χ0) is 11.8. The largest absolute Gasteiger partial charge is 1.00 e. The van der Waals surface area contributed by atoms with E-state index in [1.165, 1.54) is 5.56 Å². The molecule has 0 aliphatic carbocycles. The van der Waals surface area contributed by atoms with E-state index < -0.39 is 0 Å². The maximum atomic E-state index is 4.60. The van der Waals surface area contributed by atoms with Gasteiger partial charge in [0.15, 0.2) is 0 Å². The van der Waals surface area contributed by atoms with Crippen LogP contribution in [-0.4, -0.2) is 9.38 Å². The molecule has 4 heteroatoms. The van der Waals surface area contributed by atoms with Crippen molar-refractivity contribution in [3.63, 3.8) is 0 Å². The summed E-state index contributed by atoms with van der Waals surface area (Å²) < 4.78 is 3.08. The Bertz CT molecular complexity index is 674. The average Bonchev–Trinajstić information content (AvgIpc) is 2.72. The van der Waals surface area contributed by atoms with E-state index >= 15 is 0 Å². The van der Waals surface area contributed by atoms with Crippen LogP contribution in [0, 0.1) is 6.92 Å². The van der Waals surface area contributed by atoms with Crippen molar-refractivity contribution in [1.29, 1.82) is 0 Å². The molecule has 0 N–H and O–H groups in total. The van der Waals surface area contributed by atoms with Crippen LogP contribution in [0.1, 0.15) is 5.56 Å². The second-order valence-electron chi connectivity index (χ2n) is 4.10. The molecule has 0 atom stereocenters. The van der Waals surface area contributed by atoms with Crippen molar-refractivity contribution in [3.05, 3.63) is 58.8 Å². The first-order chi connectivity index (χ1) is 8.22. The quantitative estimate of drug-likeness (QED) is 0.545. The summed E-state index contributed by atoms with van der Waals surface area (Å²) in [6, 6.07) is 12.4. The molecule has 0 aliphatic rings. The zero-order valence-corrected chi connectivity index (χ0v) is 13.5. The highest BCUT2D eigenvalue weighted by Crippen LogP contribution is 2.20. The third-order valence-corrected chi connectivity index (χ3v) is 3.23. The average molecular weight is 414 g/mol. The molecule has 0 unspecified atom stereocenters. The predicted octanol–water partition coefficient (Wildman–Crippen LogP) is 1.08. The van der Waals surface area contributed by atoms with E-state index in [4.69, 9.17) is 0 Å². The van der Waals surface area contributed by atoms with Gasteiger partial charge < -0.3 is 28.4 Å². The van der Waals surface area contributed by atoms with E-state index in [0.717, 1.165) is 21.4 Å². The van der Waals surface area contributed by atoms with Gasteiger partial charge in [0.25, 0.3) is 0 Å². The number of rotatable bonds is 1. The number of halogens is 2. The maximum Gasteiger partial charge on any atom is 0.137 e. The first kappa shape index (κ1) is 13.5. The molecule has 0 saturated carbocycles. The van der Waals surface area contributed by atoms with Gasteiger partial charge in [-0.05, 0) is 35.0 Å². The summed E-state index contributed by atoms with van der Waals surface area (Å²) in [5.74, 6) is 0. The summed E-state index contributed by atoms with van der Waals surface area (Å²) in [6.45, 7) is 2.09. The van der Waals surface area contributed by atoms with Gasteiger partial charge in [-0.3, -0.25) is 0 Å². The summed E-state index contributed by atoms with van der Waals surface area (Å²) in [5, 5.41) is 0. The lowest BCUT2D eigenvalue weighted by Crippen LogP contribution is -3.00. The fraction of sp³-hybridized carbons (Fsp3) is 0.0714. The Morgan fingerprint density at radius 1 is 1.00 bits per heavy atom. The summed E-state index contributed by atoms with van der Waals surface area (Å²) in [4.78, 5) is 4.60. The molecule has 92 valence electrons. The normalized spacial score (nSPS) is 10.3. The Balaban J connectivity index is 0.00000120. The van der Waals surface area contributed by atoms with Crippen molar-refractivity contribution in [3.8, 4) is 11.3 Å². The Morgan fingerprint density at radius 3 is 2.44 bits per heavy atom. The van der Waals surface area contributed by atoms with Crippen LogP contribution in [0.5, 0.6) is 0 Å².